The molecule has 25 heavy (non-hydrogen) atoms. The zero-order valence-electron chi connectivity index (χ0n) is 14.7. The van der Waals surface area contributed by atoms with E-state index in [2.05, 4.69) is 26.9 Å². The van der Waals surface area contributed by atoms with Crippen LogP contribution in [0.4, 0.5) is 11.5 Å². The van der Waals surface area contributed by atoms with Gasteiger partial charge in [0, 0.05) is 25.3 Å². The minimum Gasteiger partial charge on any atom is -0.465 e. The number of anilines is 2. The largest absolute Gasteiger partial charge is 0.465 e. The van der Waals surface area contributed by atoms with Crippen LogP contribution in [0.1, 0.15) is 40.6 Å². The molecule has 2 aromatic rings. The van der Waals surface area contributed by atoms with Gasteiger partial charge in [-0.15, -0.1) is 0 Å². The van der Waals surface area contributed by atoms with Crippen molar-refractivity contribution in [3.63, 3.8) is 0 Å². The van der Waals surface area contributed by atoms with Crippen molar-refractivity contribution in [2.75, 3.05) is 26.0 Å². The lowest BCUT2D eigenvalue weighted by atomic mass is 10.2. The Morgan fingerprint density at radius 1 is 1.20 bits per heavy atom. The molecule has 1 N–H and O–H groups in total. The van der Waals surface area contributed by atoms with Crippen LogP contribution in [-0.2, 0) is 4.74 Å². The van der Waals surface area contributed by atoms with Crippen LogP contribution >= 0.6 is 0 Å². The summed E-state index contributed by atoms with van der Waals surface area (Å²) in [6, 6.07) is 8.39. The summed E-state index contributed by atoms with van der Waals surface area (Å²) in [5, 5.41) is 3.09. The summed E-state index contributed by atoms with van der Waals surface area (Å²) in [5.74, 6) is -0.0235. The average Bonchev–Trinajstić information content (AvgIpc) is 2.65. The van der Waals surface area contributed by atoms with E-state index in [1.807, 2.05) is 0 Å². The zero-order valence-corrected chi connectivity index (χ0v) is 14.7. The molecule has 1 heterocycles. The van der Waals surface area contributed by atoms with E-state index >= 15 is 0 Å². The normalized spacial score (nSPS) is 10.2. The molecule has 0 aliphatic heterocycles. The molecule has 0 atom stereocenters. The Morgan fingerprint density at radius 2 is 1.92 bits per heavy atom. The molecule has 0 aliphatic carbocycles. The zero-order chi connectivity index (χ0) is 18.2. The molecule has 0 unspecified atom stereocenters. The van der Waals surface area contributed by atoms with Crippen molar-refractivity contribution >= 4 is 23.4 Å². The highest BCUT2D eigenvalue weighted by molar-refractivity contribution is 5.93. The van der Waals surface area contributed by atoms with Gasteiger partial charge in [-0.1, -0.05) is 13.3 Å². The molecule has 7 heteroatoms. The summed E-state index contributed by atoms with van der Waals surface area (Å²) in [6.45, 7) is 2.77. The van der Waals surface area contributed by atoms with Gasteiger partial charge in [0.2, 0.25) is 0 Å². The van der Waals surface area contributed by atoms with E-state index in [0.717, 1.165) is 18.5 Å². The standard InChI is InChI=1S/C18H22N4O3/c1-4-5-10-22(2)17(23)15-11-16(20-12-19-15)21-14-8-6-13(7-9-14)18(24)25-3/h6-9,11-12H,4-5,10H2,1-3H3,(H,19,20,21). The van der Waals surface area contributed by atoms with Crippen LogP contribution in [-0.4, -0.2) is 47.4 Å². The molecule has 7 nitrogen and oxygen atoms in total. The third-order valence-corrected chi connectivity index (χ3v) is 3.66. The van der Waals surface area contributed by atoms with Crippen molar-refractivity contribution in [2.24, 2.45) is 0 Å². The summed E-state index contributed by atoms with van der Waals surface area (Å²) in [5.41, 5.74) is 1.54. The third-order valence-electron chi connectivity index (χ3n) is 3.66. The predicted molar refractivity (Wildman–Crippen MR) is 95.0 cm³/mol. The van der Waals surface area contributed by atoms with Crippen molar-refractivity contribution in [3.05, 3.63) is 47.9 Å². The van der Waals surface area contributed by atoms with E-state index in [-0.39, 0.29) is 5.91 Å². The number of benzene rings is 1. The smallest absolute Gasteiger partial charge is 0.337 e. The van der Waals surface area contributed by atoms with E-state index in [1.165, 1.54) is 13.4 Å². The summed E-state index contributed by atoms with van der Waals surface area (Å²) in [4.78, 5) is 33.6. The first-order valence-corrected chi connectivity index (χ1v) is 8.08. The Hall–Kier alpha value is -2.96. The Labute approximate surface area is 147 Å². The highest BCUT2D eigenvalue weighted by Crippen LogP contribution is 2.16. The lowest BCUT2D eigenvalue weighted by Crippen LogP contribution is -2.28. The fourth-order valence-corrected chi connectivity index (χ4v) is 2.19. The first-order valence-electron chi connectivity index (χ1n) is 8.08. The van der Waals surface area contributed by atoms with Gasteiger partial charge < -0.3 is 15.0 Å². The molecule has 0 fully saturated rings. The van der Waals surface area contributed by atoms with Gasteiger partial charge in [-0.05, 0) is 30.7 Å². The van der Waals surface area contributed by atoms with E-state index < -0.39 is 5.97 Å². The number of rotatable bonds is 7. The van der Waals surface area contributed by atoms with Crippen LogP contribution in [0.25, 0.3) is 0 Å². The van der Waals surface area contributed by atoms with E-state index in [1.54, 1.807) is 42.3 Å². The Kier molecular flexibility index (Phi) is 6.45. The molecule has 1 amide bonds. The summed E-state index contributed by atoms with van der Waals surface area (Å²) in [7, 11) is 3.10. The van der Waals surface area contributed by atoms with E-state index in [0.29, 0.717) is 23.6 Å². The highest BCUT2D eigenvalue weighted by atomic mass is 16.5. The van der Waals surface area contributed by atoms with Gasteiger partial charge in [0.15, 0.2) is 0 Å². The van der Waals surface area contributed by atoms with Crippen LogP contribution in [0.5, 0.6) is 0 Å². The van der Waals surface area contributed by atoms with Crippen molar-refractivity contribution in [1.29, 1.82) is 0 Å². The van der Waals surface area contributed by atoms with Crippen LogP contribution < -0.4 is 5.32 Å². The minimum absolute atomic E-state index is 0.139. The Morgan fingerprint density at radius 3 is 2.56 bits per heavy atom. The van der Waals surface area contributed by atoms with Crippen molar-refractivity contribution in [1.82, 2.24) is 14.9 Å². The van der Waals surface area contributed by atoms with E-state index in [4.69, 9.17) is 0 Å². The third kappa shape index (κ3) is 5.00. The Bertz CT molecular complexity index is 731. The molecule has 1 aromatic heterocycles. The first-order chi connectivity index (χ1) is 12.0. The van der Waals surface area contributed by atoms with Gasteiger partial charge >= 0.3 is 5.97 Å². The number of hydrogen-bond donors (Lipinski definition) is 1. The second-order valence-corrected chi connectivity index (χ2v) is 5.56. The molecule has 0 saturated carbocycles. The molecule has 0 bridgehead atoms. The number of carbonyl (C=O) groups excluding carboxylic acids is 2. The quantitative estimate of drug-likeness (QED) is 0.779. The van der Waals surface area contributed by atoms with Crippen molar-refractivity contribution in [3.8, 4) is 0 Å². The number of hydrogen-bond acceptors (Lipinski definition) is 6. The average molecular weight is 342 g/mol. The summed E-state index contributed by atoms with van der Waals surface area (Å²) >= 11 is 0. The number of nitrogens with one attached hydrogen (secondary N) is 1. The maximum atomic E-state index is 12.4. The lowest BCUT2D eigenvalue weighted by Gasteiger charge is -2.16. The first kappa shape index (κ1) is 18.4. The van der Waals surface area contributed by atoms with Crippen LogP contribution in [0.3, 0.4) is 0 Å². The molecule has 132 valence electrons. The number of ether oxygens (including phenoxy) is 1. The van der Waals surface area contributed by atoms with E-state index in [9.17, 15) is 9.59 Å². The second kappa shape index (κ2) is 8.77. The van der Waals surface area contributed by atoms with Gasteiger partial charge in [0.1, 0.15) is 17.8 Å². The van der Waals surface area contributed by atoms with Gasteiger partial charge in [-0.25, -0.2) is 14.8 Å². The molecule has 1 aromatic carbocycles. The van der Waals surface area contributed by atoms with Gasteiger partial charge in [0.25, 0.3) is 5.91 Å². The molecule has 0 radical (unpaired) electrons. The Balaban J connectivity index is 2.08. The van der Waals surface area contributed by atoms with Crippen LogP contribution in [0.2, 0.25) is 0 Å². The maximum absolute atomic E-state index is 12.4. The molecule has 2 rings (SSSR count). The lowest BCUT2D eigenvalue weighted by molar-refractivity contribution is 0.0600. The van der Waals surface area contributed by atoms with Crippen molar-refractivity contribution in [2.45, 2.75) is 19.8 Å². The van der Waals surface area contributed by atoms with Crippen molar-refractivity contribution < 1.29 is 14.3 Å². The summed E-state index contributed by atoms with van der Waals surface area (Å²) < 4.78 is 4.66. The molecular formula is C18H22N4O3. The van der Waals surface area contributed by atoms with Gasteiger partial charge in [-0.2, -0.15) is 0 Å². The number of nitrogens with zero attached hydrogens (tertiary/aromatic N) is 3. The fourth-order valence-electron chi connectivity index (χ4n) is 2.19. The number of esters is 1. The van der Waals surface area contributed by atoms with Gasteiger partial charge in [0.05, 0.1) is 12.7 Å². The highest BCUT2D eigenvalue weighted by Gasteiger charge is 2.13. The number of carbonyl (C=O) groups is 2. The molecule has 0 spiro atoms. The molecule has 0 saturated heterocycles. The SMILES string of the molecule is CCCCN(C)C(=O)c1cc(Nc2ccc(C(=O)OC)cc2)ncn1. The number of unbranched alkanes of at least 4 members (excludes halogenated alkanes) is 1. The number of methoxy groups -OCH3 is 1. The van der Waals surface area contributed by atoms with Crippen LogP contribution in [0, 0.1) is 0 Å². The topological polar surface area (TPSA) is 84.4 Å². The fraction of sp³-hybridized carbons (Fsp3) is 0.333. The molecule has 0 aliphatic rings. The van der Waals surface area contributed by atoms with Crippen LogP contribution in [0.15, 0.2) is 36.7 Å². The van der Waals surface area contributed by atoms with Gasteiger partial charge in [-0.3, -0.25) is 4.79 Å². The minimum atomic E-state index is -0.392. The second-order valence-electron chi connectivity index (χ2n) is 5.56. The number of amides is 1. The number of aromatic nitrogens is 2. The summed E-state index contributed by atoms with van der Waals surface area (Å²) in [6.07, 6.45) is 3.33. The molecular weight excluding hydrogens is 320 g/mol. The monoisotopic (exact) mass is 342 g/mol. The maximum Gasteiger partial charge on any atom is 0.337 e. The predicted octanol–water partition coefficient (Wildman–Crippen LogP) is 2.88.